The van der Waals surface area contributed by atoms with Crippen molar-refractivity contribution >= 4 is 23.5 Å². The zero-order valence-corrected chi connectivity index (χ0v) is 28.1. The third kappa shape index (κ3) is 9.48. The van der Waals surface area contributed by atoms with Crippen LogP contribution in [-0.4, -0.2) is 94.9 Å². The molecule has 46 heavy (non-hydrogen) atoms. The van der Waals surface area contributed by atoms with E-state index in [4.69, 9.17) is 0 Å². The number of carbonyl (C=O) groups is 4. The van der Waals surface area contributed by atoms with E-state index in [0.29, 0.717) is 38.3 Å². The molecular formula is C35H53N7O4. The summed E-state index contributed by atoms with van der Waals surface area (Å²) in [5.74, 6) is -0.445. The lowest BCUT2D eigenvalue weighted by Gasteiger charge is -2.36. The van der Waals surface area contributed by atoms with Gasteiger partial charge in [0.1, 0.15) is 17.5 Å². The molecule has 11 heteroatoms. The summed E-state index contributed by atoms with van der Waals surface area (Å²) in [5, 5.41) is 13.6. The van der Waals surface area contributed by atoms with Crippen molar-refractivity contribution in [2.45, 2.75) is 96.8 Å². The number of ketones is 1. The second-order valence-electron chi connectivity index (χ2n) is 12.9. The molecule has 0 radical (unpaired) electrons. The van der Waals surface area contributed by atoms with E-state index in [1.54, 1.807) is 16.9 Å². The molecule has 4 rings (SSSR count). The van der Waals surface area contributed by atoms with E-state index in [2.05, 4.69) is 33.0 Å². The van der Waals surface area contributed by atoms with Crippen molar-refractivity contribution in [3.8, 4) is 0 Å². The Bertz CT molecular complexity index is 1290. The fraction of sp³-hybridized carbons (Fsp3) is 0.629. The Labute approximate surface area is 273 Å². The van der Waals surface area contributed by atoms with Gasteiger partial charge in [0, 0.05) is 57.8 Å². The van der Waals surface area contributed by atoms with Crippen LogP contribution in [0, 0.1) is 5.92 Å². The molecule has 1 aromatic carbocycles. The predicted molar refractivity (Wildman–Crippen MR) is 178 cm³/mol. The van der Waals surface area contributed by atoms with Gasteiger partial charge in [-0.1, -0.05) is 63.8 Å². The lowest BCUT2D eigenvalue weighted by atomic mass is 9.90. The number of rotatable bonds is 14. The van der Waals surface area contributed by atoms with Crippen molar-refractivity contribution in [2.75, 3.05) is 39.8 Å². The van der Waals surface area contributed by atoms with Crippen LogP contribution < -0.4 is 16.0 Å². The summed E-state index contributed by atoms with van der Waals surface area (Å²) in [7, 11) is 2.06. The molecule has 3 atom stereocenters. The second-order valence-corrected chi connectivity index (χ2v) is 12.9. The van der Waals surface area contributed by atoms with Crippen LogP contribution in [0.3, 0.4) is 0 Å². The number of nitrogens with one attached hydrogen (secondary N) is 3. The number of piperazine rings is 1. The minimum absolute atomic E-state index is 0.0226. The highest BCUT2D eigenvalue weighted by Gasteiger charge is 2.33. The molecule has 1 saturated heterocycles. The number of hydrogen-bond donors (Lipinski definition) is 3. The Morgan fingerprint density at radius 3 is 2.24 bits per heavy atom. The fourth-order valence-electron chi connectivity index (χ4n) is 6.52. The van der Waals surface area contributed by atoms with Crippen molar-refractivity contribution < 1.29 is 19.2 Å². The SMILES string of the molecule is CCC(=O)CN[C@@H](C(=O)N1CCN(C)CC1)C(C)c1ccc(CNC(=O)C(NC(=O)c2ccnn2CC)C2CCCCCC2)cc1. The first kappa shape index (κ1) is 35.3. The first-order chi connectivity index (χ1) is 22.2. The van der Waals surface area contributed by atoms with Crippen LogP contribution in [0.1, 0.15) is 93.3 Å². The molecule has 3 amide bonds. The van der Waals surface area contributed by atoms with E-state index in [0.717, 1.165) is 62.7 Å². The van der Waals surface area contributed by atoms with Gasteiger partial charge in [-0.25, -0.2) is 0 Å². The molecule has 2 heterocycles. The highest BCUT2D eigenvalue weighted by Crippen LogP contribution is 2.27. The summed E-state index contributed by atoms with van der Waals surface area (Å²) >= 11 is 0. The second kappa shape index (κ2) is 17.4. The summed E-state index contributed by atoms with van der Waals surface area (Å²) in [6.07, 6.45) is 8.25. The van der Waals surface area contributed by atoms with Crippen LogP contribution >= 0.6 is 0 Å². The van der Waals surface area contributed by atoms with E-state index in [9.17, 15) is 19.2 Å². The summed E-state index contributed by atoms with van der Waals surface area (Å²) in [4.78, 5) is 56.7. The summed E-state index contributed by atoms with van der Waals surface area (Å²) in [6.45, 7) is 9.84. The minimum Gasteiger partial charge on any atom is -0.350 e. The summed E-state index contributed by atoms with van der Waals surface area (Å²) < 4.78 is 1.64. The molecule has 1 aromatic heterocycles. The van der Waals surface area contributed by atoms with E-state index < -0.39 is 12.1 Å². The van der Waals surface area contributed by atoms with Crippen molar-refractivity contribution in [2.24, 2.45) is 5.92 Å². The van der Waals surface area contributed by atoms with Gasteiger partial charge in [-0.15, -0.1) is 0 Å². The molecule has 11 nitrogen and oxygen atoms in total. The van der Waals surface area contributed by atoms with E-state index in [1.807, 2.05) is 49.9 Å². The quantitative estimate of drug-likeness (QED) is 0.272. The molecule has 1 aliphatic carbocycles. The maximum Gasteiger partial charge on any atom is 0.270 e. The van der Waals surface area contributed by atoms with E-state index in [-0.39, 0.29) is 41.9 Å². The largest absolute Gasteiger partial charge is 0.350 e. The molecule has 2 aliphatic rings. The number of likely N-dealkylation sites (N-methyl/N-ethyl adjacent to an activating group) is 1. The maximum atomic E-state index is 13.6. The van der Waals surface area contributed by atoms with Crippen LogP contribution in [-0.2, 0) is 27.5 Å². The molecular weight excluding hydrogens is 582 g/mol. The number of aromatic nitrogens is 2. The third-order valence-corrected chi connectivity index (χ3v) is 9.66. The maximum absolute atomic E-state index is 13.6. The van der Waals surface area contributed by atoms with Gasteiger partial charge in [0.15, 0.2) is 0 Å². The van der Waals surface area contributed by atoms with Crippen molar-refractivity contribution in [1.29, 1.82) is 0 Å². The van der Waals surface area contributed by atoms with Gasteiger partial charge in [-0.3, -0.25) is 29.2 Å². The Morgan fingerprint density at radius 2 is 1.61 bits per heavy atom. The molecule has 2 unspecified atom stereocenters. The van der Waals surface area contributed by atoms with Crippen LogP contribution in [0.15, 0.2) is 36.5 Å². The van der Waals surface area contributed by atoms with Crippen molar-refractivity contribution in [3.05, 3.63) is 53.3 Å². The highest BCUT2D eigenvalue weighted by atomic mass is 16.2. The van der Waals surface area contributed by atoms with Gasteiger partial charge < -0.3 is 20.4 Å². The predicted octanol–water partition coefficient (Wildman–Crippen LogP) is 3.10. The molecule has 0 bridgehead atoms. The molecule has 2 aromatic rings. The van der Waals surface area contributed by atoms with E-state index >= 15 is 0 Å². The number of amides is 3. The molecule has 252 valence electrons. The number of nitrogens with zero attached hydrogens (tertiary/aromatic N) is 4. The van der Waals surface area contributed by atoms with Crippen molar-refractivity contribution in [3.63, 3.8) is 0 Å². The molecule has 1 saturated carbocycles. The molecule has 0 spiro atoms. The monoisotopic (exact) mass is 635 g/mol. The minimum atomic E-state index is -0.622. The summed E-state index contributed by atoms with van der Waals surface area (Å²) in [5.41, 5.74) is 2.36. The number of benzene rings is 1. The lowest BCUT2D eigenvalue weighted by molar-refractivity contribution is -0.135. The normalized spacial score (nSPS) is 18.3. The lowest BCUT2D eigenvalue weighted by Crippen LogP contribution is -2.55. The van der Waals surface area contributed by atoms with Gasteiger partial charge in [0.05, 0.1) is 12.6 Å². The van der Waals surface area contributed by atoms with Crippen LogP contribution in [0.5, 0.6) is 0 Å². The Morgan fingerprint density at radius 1 is 0.935 bits per heavy atom. The average molecular weight is 636 g/mol. The number of aryl methyl sites for hydroxylation is 1. The zero-order valence-electron chi connectivity index (χ0n) is 28.1. The standard InChI is InChI=1S/C35H53N7O4/c1-5-29(43)24-36-31(35(46)41-21-19-40(4)20-22-41)25(3)27-15-13-26(14-16-27)23-37-34(45)32(28-11-9-7-8-10-12-28)39-33(44)30-17-18-38-42(30)6-2/h13-18,25,28,31-32,36H,5-12,19-24H2,1-4H3,(H,37,45)(H,39,44)/t25?,31-,32?/m1/s1. The Kier molecular flexibility index (Phi) is 13.3. The van der Waals surface area contributed by atoms with Gasteiger partial charge in [-0.2, -0.15) is 5.10 Å². The molecule has 3 N–H and O–H groups in total. The summed E-state index contributed by atoms with van der Waals surface area (Å²) in [6, 6.07) is 8.48. The van der Waals surface area contributed by atoms with Crippen LogP contribution in [0.2, 0.25) is 0 Å². The molecule has 2 fully saturated rings. The highest BCUT2D eigenvalue weighted by molar-refractivity contribution is 5.96. The van der Waals surface area contributed by atoms with E-state index in [1.165, 1.54) is 0 Å². The van der Waals surface area contributed by atoms with Gasteiger partial charge in [-0.05, 0) is 49.9 Å². The van der Waals surface area contributed by atoms with Crippen LogP contribution in [0.25, 0.3) is 0 Å². The smallest absolute Gasteiger partial charge is 0.270 e. The number of Topliss-reactive ketones (excluding diaryl/α,β-unsaturated/α-hetero) is 1. The van der Waals surface area contributed by atoms with Crippen molar-refractivity contribution in [1.82, 2.24) is 35.5 Å². The number of carbonyl (C=O) groups excluding carboxylic acids is 4. The Balaban J connectivity index is 1.42. The first-order valence-electron chi connectivity index (χ1n) is 17.1. The van der Waals surface area contributed by atoms with Gasteiger partial charge in [0.25, 0.3) is 5.91 Å². The molecule has 1 aliphatic heterocycles. The number of hydrogen-bond acceptors (Lipinski definition) is 7. The average Bonchev–Trinajstić information content (AvgIpc) is 3.40. The zero-order chi connectivity index (χ0) is 33.1. The van der Waals surface area contributed by atoms with Crippen LogP contribution in [0.4, 0.5) is 0 Å². The fourth-order valence-corrected chi connectivity index (χ4v) is 6.52. The Hall–Kier alpha value is -3.57. The van der Waals surface area contributed by atoms with Gasteiger partial charge >= 0.3 is 0 Å². The third-order valence-electron chi connectivity index (χ3n) is 9.66. The topological polar surface area (TPSA) is 129 Å². The van der Waals surface area contributed by atoms with Gasteiger partial charge in [0.2, 0.25) is 11.8 Å². The first-order valence-corrected chi connectivity index (χ1v) is 17.1.